The van der Waals surface area contributed by atoms with E-state index < -0.39 is 18.0 Å². The van der Waals surface area contributed by atoms with Crippen molar-refractivity contribution in [2.45, 2.75) is 32.2 Å². The first-order valence-corrected chi connectivity index (χ1v) is 5.88. The van der Waals surface area contributed by atoms with E-state index in [1.807, 2.05) is 6.92 Å². The van der Waals surface area contributed by atoms with Crippen molar-refractivity contribution in [1.29, 1.82) is 0 Å². The summed E-state index contributed by atoms with van der Waals surface area (Å²) < 4.78 is 4.97. The number of rotatable bonds is 4. The van der Waals surface area contributed by atoms with Crippen molar-refractivity contribution >= 4 is 12.1 Å². The summed E-state index contributed by atoms with van der Waals surface area (Å²) in [5, 5.41) is 9.12. The zero-order valence-electron chi connectivity index (χ0n) is 10.1. The van der Waals surface area contributed by atoms with Crippen LogP contribution in [0.1, 0.15) is 26.2 Å². The highest BCUT2D eigenvalue weighted by molar-refractivity contribution is 5.74. The van der Waals surface area contributed by atoms with E-state index in [0.29, 0.717) is 25.8 Å². The van der Waals surface area contributed by atoms with Crippen LogP contribution < -0.4 is 0 Å². The van der Waals surface area contributed by atoms with E-state index in [4.69, 9.17) is 9.84 Å². The van der Waals surface area contributed by atoms with E-state index in [9.17, 15) is 9.59 Å². The fourth-order valence-corrected chi connectivity index (χ4v) is 2.29. The van der Waals surface area contributed by atoms with Gasteiger partial charge in [0.15, 0.2) is 0 Å². The number of carbonyl (C=O) groups is 2. The molecule has 5 nitrogen and oxygen atoms in total. The van der Waals surface area contributed by atoms with Gasteiger partial charge in [-0.15, -0.1) is 0 Å². The third kappa shape index (κ3) is 3.22. The number of ether oxygens (including phenoxy) is 1. The molecule has 1 aliphatic rings. The Labute approximate surface area is 101 Å². The number of carbonyl (C=O) groups excluding carboxylic acids is 1. The molecule has 1 heterocycles. The highest BCUT2D eigenvalue weighted by atomic mass is 16.6. The molecule has 0 unspecified atom stereocenters. The van der Waals surface area contributed by atoms with Crippen LogP contribution >= 0.6 is 0 Å². The van der Waals surface area contributed by atoms with Gasteiger partial charge >= 0.3 is 12.1 Å². The van der Waals surface area contributed by atoms with E-state index in [0.717, 1.165) is 0 Å². The fourth-order valence-electron chi connectivity index (χ4n) is 2.29. The molecule has 1 aliphatic heterocycles. The smallest absolute Gasteiger partial charge is 0.410 e. The van der Waals surface area contributed by atoms with E-state index in [2.05, 4.69) is 6.58 Å². The number of carboxylic acid groups (broad SMARTS) is 1. The molecule has 0 aromatic carbocycles. The number of likely N-dealkylation sites (tertiary alicyclic amines) is 1. The minimum atomic E-state index is -0.835. The third-order valence-electron chi connectivity index (χ3n) is 3.07. The van der Waals surface area contributed by atoms with Crippen LogP contribution in [0.25, 0.3) is 0 Å². The second-order valence-corrected chi connectivity index (χ2v) is 4.12. The Morgan fingerprint density at radius 1 is 1.59 bits per heavy atom. The zero-order valence-corrected chi connectivity index (χ0v) is 10.1. The van der Waals surface area contributed by atoms with Gasteiger partial charge in [-0.2, -0.15) is 0 Å². The summed E-state index contributed by atoms with van der Waals surface area (Å²) in [6, 6.07) is -0.265. The number of hydrogen-bond acceptors (Lipinski definition) is 3. The van der Waals surface area contributed by atoms with Crippen molar-refractivity contribution in [1.82, 2.24) is 4.90 Å². The lowest BCUT2D eigenvalue weighted by molar-refractivity contribution is -0.145. The number of carboxylic acids is 1. The van der Waals surface area contributed by atoms with Crippen LogP contribution in [0.2, 0.25) is 0 Å². The largest absolute Gasteiger partial charge is 0.481 e. The Bertz CT molecular complexity index is 303. The molecule has 1 rings (SSSR count). The van der Waals surface area contributed by atoms with Gasteiger partial charge in [0.1, 0.15) is 6.61 Å². The van der Waals surface area contributed by atoms with Crippen LogP contribution in [-0.4, -0.2) is 41.3 Å². The maximum Gasteiger partial charge on any atom is 0.410 e. The number of nitrogens with zero attached hydrogens (tertiary/aromatic N) is 1. The van der Waals surface area contributed by atoms with Crippen LogP contribution in [-0.2, 0) is 9.53 Å². The number of amides is 1. The number of hydrogen-bond donors (Lipinski definition) is 1. The first kappa shape index (κ1) is 13.5. The van der Waals surface area contributed by atoms with Gasteiger partial charge in [-0.3, -0.25) is 4.79 Å². The maximum atomic E-state index is 11.8. The van der Waals surface area contributed by atoms with Crippen molar-refractivity contribution in [3.8, 4) is 0 Å². The van der Waals surface area contributed by atoms with Gasteiger partial charge in [0.2, 0.25) is 0 Å². The van der Waals surface area contributed by atoms with Crippen LogP contribution in [0, 0.1) is 5.92 Å². The summed E-state index contributed by atoms with van der Waals surface area (Å²) in [5.41, 5.74) is 0. The molecular formula is C12H19NO4. The monoisotopic (exact) mass is 241 g/mol. The number of aliphatic carboxylic acids is 1. The summed E-state index contributed by atoms with van der Waals surface area (Å²) in [6.07, 6.45) is 3.01. The summed E-state index contributed by atoms with van der Waals surface area (Å²) in [6.45, 7) is 6.08. The molecule has 0 radical (unpaired) electrons. The maximum absolute atomic E-state index is 11.8. The summed E-state index contributed by atoms with van der Waals surface area (Å²) in [7, 11) is 0. The third-order valence-corrected chi connectivity index (χ3v) is 3.07. The standard InChI is InChI=1S/C12H19NO4/c1-3-8-17-12(16)13-7-5-6-9(11(14)15)10(13)4-2/h3,9-10H,1,4-8H2,2H3,(H,14,15)/t9-,10-/m1/s1. The second-order valence-electron chi connectivity index (χ2n) is 4.12. The number of piperidine rings is 1. The van der Waals surface area contributed by atoms with Crippen LogP contribution in [0.5, 0.6) is 0 Å². The lowest BCUT2D eigenvalue weighted by Crippen LogP contribution is -2.50. The van der Waals surface area contributed by atoms with Gasteiger partial charge < -0.3 is 14.7 Å². The van der Waals surface area contributed by atoms with Gasteiger partial charge in [0, 0.05) is 12.6 Å². The first-order valence-electron chi connectivity index (χ1n) is 5.88. The predicted octanol–water partition coefficient (Wildman–Crippen LogP) is 1.88. The van der Waals surface area contributed by atoms with Gasteiger partial charge in [0.25, 0.3) is 0 Å². The van der Waals surface area contributed by atoms with Crippen molar-refractivity contribution in [3.05, 3.63) is 12.7 Å². The quantitative estimate of drug-likeness (QED) is 0.763. The minimum Gasteiger partial charge on any atom is -0.481 e. The molecule has 0 aromatic heterocycles. The lowest BCUT2D eigenvalue weighted by Gasteiger charge is -2.38. The average molecular weight is 241 g/mol. The van der Waals surface area contributed by atoms with E-state index >= 15 is 0 Å². The van der Waals surface area contributed by atoms with E-state index in [-0.39, 0.29) is 12.6 Å². The molecule has 5 heteroatoms. The van der Waals surface area contributed by atoms with Crippen LogP contribution in [0.15, 0.2) is 12.7 Å². The van der Waals surface area contributed by atoms with Crippen molar-refractivity contribution < 1.29 is 19.4 Å². The average Bonchev–Trinajstić information content (AvgIpc) is 2.34. The molecule has 0 bridgehead atoms. The highest BCUT2D eigenvalue weighted by Crippen LogP contribution is 2.26. The Morgan fingerprint density at radius 2 is 2.29 bits per heavy atom. The fraction of sp³-hybridized carbons (Fsp3) is 0.667. The van der Waals surface area contributed by atoms with E-state index in [1.54, 1.807) is 0 Å². The van der Waals surface area contributed by atoms with Gasteiger partial charge in [0.05, 0.1) is 5.92 Å². The molecule has 0 saturated carbocycles. The lowest BCUT2D eigenvalue weighted by atomic mass is 9.88. The summed E-state index contributed by atoms with van der Waals surface area (Å²) in [5.74, 6) is -1.32. The zero-order chi connectivity index (χ0) is 12.8. The SMILES string of the molecule is C=CCOC(=O)N1CCC[C@@H](C(=O)O)[C@H]1CC. The first-order chi connectivity index (χ1) is 8.11. The summed E-state index contributed by atoms with van der Waals surface area (Å²) in [4.78, 5) is 24.4. The molecule has 17 heavy (non-hydrogen) atoms. The second kappa shape index (κ2) is 6.27. The molecule has 1 fully saturated rings. The van der Waals surface area contributed by atoms with Gasteiger partial charge in [-0.05, 0) is 19.3 Å². The molecule has 0 aromatic rings. The Balaban J connectivity index is 2.72. The van der Waals surface area contributed by atoms with Crippen molar-refractivity contribution in [3.63, 3.8) is 0 Å². The van der Waals surface area contributed by atoms with Crippen LogP contribution in [0.3, 0.4) is 0 Å². The molecule has 2 atom stereocenters. The van der Waals surface area contributed by atoms with E-state index in [1.165, 1.54) is 11.0 Å². The molecule has 0 spiro atoms. The molecule has 1 saturated heterocycles. The highest BCUT2D eigenvalue weighted by Gasteiger charge is 2.37. The Hall–Kier alpha value is -1.52. The summed E-state index contributed by atoms with van der Waals surface area (Å²) >= 11 is 0. The van der Waals surface area contributed by atoms with Crippen molar-refractivity contribution in [2.24, 2.45) is 5.92 Å². The molecule has 96 valence electrons. The normalized spacial score (nSPS) is 24.2. The molecular weight excluding hydrogens is 222 g/mol. The van der Waals surface area contributed by atoms with Gasteiger partial charge in [-0.1, -0.05) is 19.6 Å². The van der Waals surface area contributed by atoms with Crippen LogP contribution in [0.4, 0.5) is 4.79 Å². The molecule has 1 N–H and O–H groups in total. The molecule has 1 amide bonds. The van der Waals surface area contributed by atoms with Crippen molar-refractivity contribution in [2.75, 3.05) is 13.2 Å². The molecule has 0 aliphatic carbocycles. The van der Waals surface area contributed by atoms with Gasteiger partial charge in [-0.25, -0.2) is 4.79 Å². The topological polar surface area (TPSA) is 66.8 Å². The Kier molecular flexibility index (Phi) is 5.00. The minimum absolute atomic E-state index is 0.156. The predicted molar refractivity (Wildman–Crippen MR) is 62.7 cm³/mol. The Morgan fingerprint density at radius 3 is 2.82 bits per heavy atom.